The minimum absolute atomic E-state index is 0.194. The number of rotatable bonds is 1. The molecule has 11 heavy (non-hydrogen) atoms. The second-order valence-corrected chi connectivity index (χ2v) is 2.10. The van der Waals surface area contributed by atoms with Crippen LogP contribution in [-0.4, -0.2) is 0 Å². The Bertz CT molecular complexity index is 181. The van der Waals surface area contributed by atoms with Crippen molar-refractivity contribution in [3.63, 3.8) is 0 Å². The van der Waals surface area contributed by atoms with Crippen LogP contribution in [0.3, 0.4) is 0 Å². The molecule has 0 aromatic heterocycles. The van der Waals surface area contributed by atoms with Gasteiger partial charge in [-0.3, -0.25) is 0 Å². The first-order valence-corrected chi connectivity index (χ1v) is 4.31. The third-order valence-corrected chi connectivity index (χ3v) is 1.46. The minimum atomic E-state index is -0.194. The van der Waals surface area contributed by atoms with Gasteiger partial charge < -0.3 is 0 Å². The van der Waals surface area contributed by atoms with Gasteiger partial charge in [0.1, 0.15) is 5.82 Å². The number of hydrogen-bond acceptors (Lipinski definition) is 1. The van der Waals surface area contributed by atoms with Gasteiger partial charge in [0.2, 0.25) is 0 Å². The predicted octanol–water partition coefficient (Wildman–Crippen LogP) is 3.28. The topological polar surface area (TPSA) is 0 Å². The van der Waals surface area contributed by atoms with E-state index < -0.39 is 0 Å². The molecule has 0 aliphatic rings. The van der Waals surface area contributed by atoms with Gasteiger partial charge in [-0.05, 0) is 17.7 Å². The number of halogens is 1. The highest BCUT2D eigenvalue weighted by molar-refractivity contribution is 7.79. The summed E-state index contributed by atoms with van der Waals surface area (Å²) in [4.78, 5) is 0. The van der Waals surface area contributed by atoms with E-state index in [0.29, 0.717) is 5.75 Å². The van der Waals surface area contributed by atoms with E-state index in [1.807, 2.05) is 13.8 Å². The van der Waals surface area contributed by atoms with Crippen molar-refractivity contribution in [2.24, 2.45) is 0 Å². The van der Waals surface area contributed by atoms with Crippen LogP contribution in [0.25, 0.3) is 0 Å². The molecule has 0 heterocycles. The molecule has 0 N–H and O–H groups in total. The van der Waals surface area contributed by atoms with Crippen LogP contribution >= 0.6 is 12.6 Å². The predicted molar refractivity (Wildman–Crippen MR) is 50.4 cm³/mol. The maximum atomic E-state index is 12.2. The number of hydrogen-bond donors (Lipinski definition) is 1. The lowest BCUT2D eigenvalue weighted by atomic mass is 10.2. The van der Waals surface area contributed by atoms with Gasteiger partial charge in [0, 0.05) is 5.75 Å². The van der Waals surface area contributed by atoms with E-state index in [-0.39, 0.29) is 5.82 Å². The van der Waals surface area contributed by atoms with E-state index >= 15 is 0 Å². The molecule has 0 nitrogen and oxygen atoms in total. The van der Waals surface area contributed by atoms with Crippen molar-refractivity contribution in [3.05, 3.63) is 35.6 Å². The van der Waals surface area contributed by atoms with E-state index in [4.69, 9.17) is 0 Å². The largest absolute Gasteiger partial charge is 0.207 e. The lowest BCUT2D eigenvalue weighted by Gasteiger charge is -1.91. The molecule has 0 aliphatic heterocycles. The first-order chi connectivity index (χ1) is 5.33. The molecule has 0 fully saturated rings. The van der Waals surface area contributed by atoms with Crippen LogP contribution in [0.15, 0.2) is 24.3 Å². The molecule has 0 aliphatic carbocycles. The van der Waals surface area contributed by atoms with Crippen molar-refractivity contribution in [2.75, 3.05) is 0 Å². The summed E-state index contributed by atoms with van der Waals surface area (Å²) in [5.74, 6) is 0.473. The van der Waals surface area contributed by atoms with E-state index in [1.54, 1.807) is 12.1 Å². The molecule has 0 unspecified atom stereocenters. The van der Waals surface area contributed by atoms with Gasteiger partial charge in [0.25, 0.3) is 0 Å². The normalized spacial score (nSPS) is 8.36. The van der Waals surface area contributed by atoms with Crippen LogP contribution in [0.2, 0.25) is 0 Å². The molecule has 62 valence electrons. The minimum Gasteiger partial charge on any atom is -0.207 e. The Morgan fingerprint density at radius 1 is 1.18 bits per heavy atom. The Morgan fingerprint density at radius 3 is 2.00 bits per heavy atom. The van der Waals surface area contributed by atoms with Crippen molar-refractivity contribution in [3.8, 4) is 0 Å². The summed E-state index contributed by atoms with van der Waals surface area (Å²) in [6.07, 6.45) is 0. The second kappa shape index (κ2) is 6.23. The van der Waals surface area contributed by atoms with E-state index in [1.165, 1.54) is 12.1 Å². The molecule has 0 atom stereocenters. The smallest absolute Gasteiger partial charge is 0.123 e. The van der Waals surface area contributed by atoms with Gasteiger partial charge in [-0.25, -0.2) is 4.39 Å². The van der Waals surface area contributed by atoms with Crippen molar-refractivity contribution >= 4 is 12.6 Å². The van der Waals surface area contributed by atoms with Crippen molar-refractivity contribution < 1.29 is 4.39 Å². The molecule has 1 rings (SSSR count). The Kier molecular flexibility index (Phi) is 5.94. The highest BCUT2D eigenvalue weighted by Crippen LogP contribution is 2.04. The third-order valence-electron chi connectivity index (χ3n) is 1.10. The molecule has 0 saturated carbocycles. The highest BCUT2D eigenvalue weighted by atomic mass is 32.1. The molecule has 2 heteroatoms. The number of thiol groups is 1. The Balaban J connectivity index is 0.000000461. The third kappa shape index (κ3) is 4.04. The molecule has 0 bridgehead atoms. The van der Waals surface area contributed by atoms with E-state index in [2.05, 4.69) is 12.6 Å². The Hall–Kier alpha value is -0.500. The molecule has 0 spiro atoms. The van der Waals surface area contributed by atoms with Gasteiger partial charge >= 0.3 is 0 Å². The number of benzene rings is 1. The van der Waals surface area contributed by atoms with Crippen LogP contribution in [0, 0.1) is 5.82 Å². The fraction of sp³-hybridized carbons (Fsp3) is 0.333. The summed E-state index contributed by atoms with van der Waals surface area (Å²) in [5.41, 5.74) is 1.04. The molecular weight excluding hydrogens is 159 g/mol. The summed E-state index contributed by atoms with van der Waals surface area (Å²) in [7, 11) is 0. The standard InChI is InChI=1S/C7H7FS.C2H6/c8-7-3-1-6(5-9)2-4-7;1-2/h1-4,9H,5H2;1-2H3. The van der Waals surface area contributed by atoms with Gasteiger partial charge in [0.15, 0.2) is 0 Å². The maximum Gasteiger partial charge on any atom is 0.123 e. The zero-order valence-corrected chi connectivity index (χ0v) is 7.74. The molecular formula is C9H13FS. The summed E-state index contributed by atoms with van der Waals surface area (Å²) >= 11 is 4.02. The van der Waals surface area contributed by atoms with Crippen LogP contribution < -0.4 is 0 Å². The monoisotopic (exact) mass is 172 g/mol. The average molecular weight is 172 g/mol. The molecule has 0 radical (unpaired) electrons. The zero-order chi connectivity index (χ0) is 8.69. The lowest BCUT2D eigenvalue weighted by molar-refractivity contribution is 0.627. The van der Waals surface area contributed by atoms with Gasteiger partial charge in [-0.1, -0.05) is 26.0 Å². The maximum absolute atomic E-state index is 12.2. The molecule has 0 saturated heterocycles. The van der Waals surface area contributed by atoms with E-state index in [0.717, 1.165) is 5.56 Å². The van der Waals surface area contributed by atoms with Gasteiger partial charge in [-0.2, -0.15) is 12.6 Å². The summed E-state index contributed by atoms with van der Waals surface area (Å²) in [6, 6.07) is 6.32. The quantitative estimate of drug-likeness (QED) is 0.617. The van der Waals surface area contributed by atoms with Crippen LogP contribution in [-0.2, 0) is 5.75 Å². The Labute approximate surface area is 72.9 Å². The lowest BCUT2D eigenvalue weighted by Crippen LogP contribution is -1.76. The second-order valence-electron chi connectivity index (χ2n) is 1.78. The average Bonchev–Trinajstić information content (AvgIpc) is 2.10. The summed E-state index contributed by atoms with van der Waals surface area (Å²) < 4.78 is 12.2. The molecule has 1 aromatic rings. The molecule has 0 amide bonds. The van der Waals surface area contributed by atoms with Crippen molar-refractivity contribution in [1.29, 1.82) is 0 Å². The fourth-order valence-electron chi connectivity index (χ4n) is 0.590. The van der Waals surface area contributed by atoms with Gasteiger partial charge in [-0.15, -0.1) is 0 Å². The van der Waals surface area contributed by atoms with Crippen LogP contribution in [0.1, 0.15) is 19.4 Å². The summed E-state index contributed by atoms with van der Waals surface area (Å²) in [5, 5.41) is 0. The van der Waals surface area contributed by atoms with E-state index in [9.17, 15) is 4.39 Å². The SMILES string of the molecule is CC.Fc1ccc(CS)cc1. The highest BCUT2D eigenvalue weighted by Gasteiger charge is 1.88. The first-order valence-electron chi connectivity index (χ1n) is 3.68. The zero-order valence-electron chi connectivity index (χ0n) is 6.84. The van der Waals surface area contributed by atoms with Crippen LogP contribution in [0.4, 0.5) is 4.39 Å². The van der Waals surface area contributed by atoms with Crippen LogP contribution in [0.5, 0.6) is 0 Å². The fourth-order valence-corrected chi connectivity index (χ4v) is 0.801. The molecule has 1 aromatic carbocycles. The Morgan fingerprint density at radius 2 is 1.64 bits per heavy atom. The first kappa shape index (κ1) is 10.5. The van der Waals surface area contributed by atoms with Crippen molar-refractivity contribution in [2.45, 2.75) is 19.6 Å². The van der Waals surface area contributed by atoms with Crippen molar-refractivity contribution in [1.82, 2.24) is 0 Å². The van der Waals surface area contributed by atoms with Gasteiger partial charge in [0.05, 0.1) is 0 Å². The summed E-state index contributed by atoms with van der Waals surface area (Å²) in [6.45, 7) is 4.00.